The summed E-state index contributed by atoms with van der Waals surface area (Å²) < 4.78 is 15.0. The predicted octanol–water partition coefficient (Wildman–Crippen LogP) is 3.76. The summed E-state index contributed by atoms with van der Waals surface area (Å²) in [5, 5.41) is 2.97. The van der Waals surface area contributed by atoms with E-state index < -0.39 is 0 Å². The average Bonchev–Trinajstić information content (AvgIpc) is 2.64. The molecule has 112 valence electrons. The number of amides is 1. The van der Waals surface area contributed by atoms with E-state index >= 15 is 0 Å². The van der Waals surface area contributed by atoms with Crippen molar-refractivity contribution >= 4 is 5.91 Å². The molecular weight excluding hydrogens is 267 g/mol. The highest BCUT2D eigenvalue weighted by molar-refractivity contribution is 5.96. The Morgan fingerprint density at radius 3 is 2.24 bits per heavy atom. The van der Waals surface area contributed by atoms with Crippen molar-refractivity contribution in [2.75, 3.05) is 0 Å². The van der Waals surface area contributed by atoms with Crippen LogP contribution in [0.1, 0.15) is 42.5 Å². The van der Waals surface area contributed by atoms with Gasteiger partial charge in [-0.1, -0.05) is 0 Å². The summed E-state index contributed by atoms with van der Waals surface area (Å²) in [5.74, 6) is -0.365. The summed E-state index contributed by atoms with van der Waals surface area (Å²) in [7, 11) is 0. The second kappa shape index (κ2) is 5.35. The lowest BCUT2D eigenvalue weighted by atomic mass is 10.1. The zero-order valence-electron chi connectivity index (χ0n) is 13.1. The van der Waals surface area contributed by atoms with Gasteiger partial charge in [0.15, 0.2) is 0 Å². The molecule has 0 bridgehead atoms. The van der Waals surface area contributed by atoms with Crippen LogP contribution in [0.4, 0.5) is 4.39 Å². The van der Waals surface area contributed by atoms with Gasteiger partial charge in [-0.15, -0.1) is 0 Å². The third-order valence-corrected chi connectivity index (χ3v) is 3.25. The number of carbonyl (C=O) groups is 1. The molecule has 0 radical (unpaired) electrons. The van der Waals surface area contributed by atoms with Crippen LogP contribution in [0.25, 0.3) is 5.69 Å². The molecule has 2 aromatic rings. The lowest BCUT2D eigenvalue weighted by Gasteiger charge is -2.20. The van der Waals surface area contributed by atoms with Gasteiger partial charge in [0.25, 0.3) is 5.91 Å². The first kappa shape index (κ1) is 15.3. The molecule has 0 unspecified atom stereocenters. The Labute approximate surface area is 124 Å². The molecular formula is C17H21FN2O. The van der Waals surface area contributed by atoms with Crippen LogP contribution < -0.4 is 5.32 Å². The molecule has 1 N–H and O–H groups in total. The molecule has 0 saturated carbocycles. The molecule has 0 aliphatic rings. The van der Waals surface area contributed by atoms with Crippen molar-refractivity contribution in [2.24, 2.45) is 0 Å². The van der Waals surface area contributed by atoms with E-state index in [0.717, 1.165) is 17.1 Å². The van der Waals surface area contributed by atoms with E-state index in [2.05, 4.69) is 5.32 Å². The lowest BCUT2D eigenvalue weighted by molar-refractivity contribution is 0.0919. The number of aryl methyl sites for hydroxylation is 1. The SMILES string of the molecule is Cc1cc(C(=O)NC(C)(C)C)c(C)n1-c1ccc(F)cc1. The van der Waals surface area contributed by atoms with Crippen molar-refractivity contribution in [1.29, 1.82) is 0 Å². The Balaban J connectivity index is 2.42. The van der Waals surface area contributed by atoms with Crippen LogP contribution in [0.3, 0.4) is 0 Å². The summed E-state index contributed by atoms with van der Waals surface area (Å²) in [6.07, 6.45) is 0. The molecule has 4 heteroatoms. The number of carbonyl (C=O) groups excluding carboxylic acids is 1. The Hall–Kier alpha value is -2.10. The molecule has 0 fully saturated rings. The molecule has 0 atom stereocenters. The third kappa shape index (κ3) is 3.32. The van der Waals surface area contributed by atoms with E-state index in [1.165, 1.54) is 12.1 Å². The fourth-order valence-electron chi connectivity index (χ4n) is 2.39. The zero-order valence-corrected chi connectivity index (χ0v) is 13.1. The minimum Gasteiger partial charge on any atom is -0.347 e. The van der Waals surface area contributed by atoms with Crippen molar-refractivity contribution in [3.8, 4) is 5.69 Å². The Bertz CT molecular complexity index is 663. The zero-order chi connectivity index (χ0) is 15.8. The van der Waals surface area contributed by atoms with Crippen LogP contribution >= 0.6 is 0 Å². The maximum absolute atomic E-state index is 13.0. The molecule has 0 spiro atoms. The van der Waals surface area contributed by atoms with Gasteiger partial charge in [-0.05, 0) is 65.0 Å². The Morgan fingerprint density at radius 1 is 1.14 bits per heavy atom. The first-order chi connectivity index (χ1) is 9.69. The number of hydrogen-bond donors (Lipinski definition) is 1. The summed E-state index contributed by atoms with van der Waals surface area (Å²) in [4.78, 5) is 12.3. The molecule has 1 aromatic heterocycles. The summed E-state index contributed by atoms with van der Waals surface area (Å²) >= 11 is 0. The molecule has 1 heterocycles. The summed E-state index contributed by atoms with van der Waals surface area (Å²) in [5.41, 5.74) is 3.00. The maximum atomic E-state index is 13.0. The quantitative estimate of drug-likeness (QED) is 0.897. The molecule has 1 aromatic carbocycles. The molecule has 2 rings (SSSR count). The first-order valence-electron chi connectivity index (χ1n) is 6.96. The van der Waals surface area contributed by atoms with Crippen LogP contribution in [0.2, 0.25) is 0 Å². The topological polar surface area (TPSA) is 34.0 Å². The fourth-order valence-corrected chi connectivity index (χ4v) is 2.39. The van der Waals surface area contributed by atoms with Gasteiger partial charge < -0.3 is 9.88 Å². The number of nitrogens with zero attached hydrogens (tertiary/aromatic N) is 1. The first-order valence-corrected chi connectivity index (χ1v) is 6.96. The Kier molecular flexibility index (Phi) is 3.90. The summed E-state index contributed by atoms with van der Waals surface area (Å²) in [6.45, 7) is 9.68. The van der Waals surface area contributed by atoms with Crippen molar-refractivity contribution in [3.05, 3.63) is 53.1 Å². The second-order valence-corrected chi connectivity index (χ2v) is 6.30. The average molecular weight is 288 g/mol. The minimum atomic E-state index is -0.282. The van der Waals surface area contributed by atoms with Gasteiger partial charge in [0.1, 0.15) is 5.82 Å². The number of nitrogens with one attached hydrogen (secondary N) is 1. The minimum absolute atomic E-state index is 0.0936. The molecule has 3 nitrogen and oxygen atoms in total. The van der Waals surface area contributed by atoms with Crippen molar-refractivity contribution in [2.45, 2.75) is 40.2 Å². The van der Waals surface area contributed by atoms with Gasteiger partial charge in [-0.3, -0.25) is 4.79 Å². The number of benzene rings is 1. The van der Waals surface area contributed by atoms with Crippen molar-refractivity contribution in [3.63, 3.8) is 0 Å². The lowest BCUT2D eigenvalue weighted by Crippen LogP contribution is -2.40. The second-order valence-electron chi connectivity index (χ2n) is 6.30. The smallest absolute Gasteiger partial charge is 0.253 e. The van der Waals surface area contributed by atoms with E-state index in [0.29, 0.717) is 5.56 Å². The normalized spacial score (nSPS) is 11.5. The predicted molar refractivity (Wildman–Crippen MR) is 82.4 cm³/mol. The number of halogens is 1. The van der Waals surface area contributed by atoms with Gasteiger partial charge in [0.2, 0.25) is 0 Å². The van der Waals surface area contributed by atoms with Crippen molar-refractivity contribution < 1.29 is 9.18 Å². The largest absolute Gasteiger partial charge is 0.347 e. The standard InChI is InChI=1S/C17H21FN2O/c1-11-10-15(16(21)19-17(3,4)5)12(2)20(11)14-8-6-13(18)7-9-14/h6-10H,1-5H3,(H,19,21). The van der Waals surface area contributed by atoms with Crippen molar-refractivity contribution in [1.82, 2.24) is 9.88 Å². The van der Waals surface area contributed by atoms with Gasteiger partial charge in [-0.25, -0.2) is 4.39 Å². The van der Waals surface area contributed by atoms with E-state index in [-0.39, 0.29) is 17.3 Å². The van der Waals surface area contributed by atoms with E-state index in [1.54, 1.807) is 12.1 Å². The van der Waals surface area contributed by atoms with Gasteiger partial charge in [0.05, 0.1) is 5.56 Å². The molecule has 1 amide bonds. The number of rotatable bonds is 2. The van der Waals surface area contributed by atoms with Crippen LogP contribution in [0.5, 0.6) is 0 Å². The van der Waals surface area contributed by atoms with Gasteiger partial charge in [-0.2, -0.15) is 0 Å². The van der Waals surface area contributed by atoms with Crippen LogP contribution in [0.15, 0.2) is 30.3 Å². The van der Waals surface area contributed by atoms with E-state index in [1.807, 2.05) is 45.3 Å². The monoisotopic (exact) mass is 288 g/mol. The highest BCUT2D eigenvalue weighted by Gasteiger charge is 2.20. The highest BCUT2D eigenvalue weighted by Crippen LogP contribution is 2.21. The molecule has 0 saturated heterocycles. The van der Waals surface area contributed by atoms with E-state index in [4.69, 9.17) is 0 Å². The third-order valence-electron chi connectivity index (χ3n) is 3.25. The van der Waals surface area contributed by atoms with Crippen LogP contribution in [0, 0.1) is 19.7 Å². The molecule has 0 aliphatic heterocycles. The molecule has 0 aliphatic carbocycles. The van der Waals surface area contributed by atoms with Crippen LogP contribution in [-0.4, -0.2) is 16.0 Å². The summed E-state index contributed by atoms with van der Waals surface area (Å²) in [6, 6.07) is 8.12. The number of aromatic nitrogens is 1. The number of hydrogen-bond acceptors (Lipinski definition) is 1. The van der Waals surface area contributed by atoms with Gasteiger partial charge in [0, 0.05) is 22.6 Å². The Morgan fingerprint density at radius 2 is 1.71 bits per heavy atom. The highest BCUT2D eigenvalue weighted by atomic mass is 19.1. The fraction of sp³-hybridized carbons (Fsp3) is 0.353. The maximum Gasteiger partial charge on any atom is 0.253 e. The molecule has 21 heavy (non-hydrogen) atoms. The van der Waals surface area contributed by atoms with Crippen LogP contribution in [-0.2, 0) is 0 Å². The van der Waals surface area contributed by atoms with E-state index in [9.17, 15) is 9.18 Å². The van der Waals surface area contributed by atoms with Gasteiger partial charge >= 0.3 is 0 Å².